The number of benzene rings is 2. The number of halogens is 2. The molecule has 0 aliphatic carbocycles. The third-order valence-corrected chi connectivity index (χ3v) is 3.89. The fourth-order valence-electron chi connectivity index (χ4n) is 2.09. The summed E-state index contributed by atoms with van der Waals surface area (Å²) in [6, 6.07) is 10.2. The maximum absolute atomic E-state index is 12.0. The highest BCUT2D eigenvalue weighted by atomic mass is 35.5. The molecule has 27 heavy (non-hydrogen) atoms. The summed E-state index contributed by atoms with van der Waals surface area (Å²) < 4.78 is 5.45. The van der Waals surface area contributed by atoms with E-state index < -0.39 is 16.7 Å². The lowest BCUT2D eigenvalue weighted by molar-refractivity contribution is -0.385. The molecule has 8 nitrogen and oxygen atoms in total. The highest BCUT2D eigenvalue weighted by molar-refractivity contribution is 6.35. The van der Waals surface area contributed by atoms with Gasteiger partial charge in [-0.05, 0) is 30.7 Å². The number of hydrogen-bond donors (Lipinski definition) is 2. The highest BCUT2D eigenvalue weighted by Gasteiger charge is 2.19. The minimum Gasteiger partial charge on any atom is -0.492 e. The van der Waals surface area contributed by atoms with Crippen LogP contribution in [0.15, 0.2) is 42.5 Å². The van der Waals surface area contributed by atoms with Crippen molar-refractivity contribution >= 4 is 40.7 Å². The van der Waals surface area contributed by atoms with E-state index in [4.69, 9.17) is 27.9 Å². The SMILES string of the molecule is O=C(CCCOc1ccc(Cl)cc1Cl)NNC(=O)c1ccccc1[N+](=O)[O-]. The standard InChI is InChI=1S/C17H15Cl2N3O5/c18-11-7-8-15(13(19)10-11)27-9-3-6-16(23)20-21-17(24)12-4-1-2-5-14(12)22(25)26/h1-2,4-5,7-8,10H,3,6,9H2,(H,20,23)(H,21,24). The number of nitrogens with zero attached hydrogens (tertiary/aromatic N) is 1. The van der Waals surface area contributed by atoms with Crippen LogP contribution in [0.2, 0.25) is 10.0 Å². The van der Waals surface area contributed by atoms with Crippen LogP contribution in [0.5, 0.6) is 5.75 Å². The van der Waals surface area contributed by atoms with Crippen LogP contribution in [0.3, 0.4) is 0 Å². The summed E-state index contributed by atoms with van der Waals surface area (Å²) in [5, 5.41) is 11.8. The lowest BCUT2D eigenvalue weighted by Crippen LogP contribution is -2.41. The number of carbonyl (C=O) groups excluding carboxylic acids is 2. The van der Waals surface area contributed by atoms with E-state index >= 15 is 0 Å². The first kappa shape index (κ1) is 20.5. The van der Waals surface area contributed by atoms with Crippen LogP contribution in [-0.2, 0) is 4.79 Å². The molecule has 2 aromatic carbocycles. The zero-order valence-electron chi connectivity index (χ0n) is 13.9. The predicted octanol–water partition coefficient (Wildman–Crippen LogP) is 3.52. The van der Waals surface area contributed by atoms with E-state index in [1.54, 1.807) is 18.2 Å². The van der Waals surface area contributed by atoms with Crippen molar-refractivity contribution in [3.8, 4) is 5.75 Å². The van der Waals surface area contributed by atoms with E-state index in [0.717, 1.165) is 0 Å². The molecule has 0 heterocycles. The fourth-order valence-corrected chi connectivity index (χ4v) is 2.55. The second-order valence-electron chi connectivity index (χ2n) is 5.30. The second kappa shape index (κ2) is 9.75. The van der Waals surface area contributed by atoms with E-state index in [-0.39, 0.29) is 24.3 Å². The number of para-hydroxylation sites is 1. The molecule has 0 aliphatic heterocycles. The summed E-state index contributed by atoms with van der Waals surface area (Å²) in [6.45, 7) is 0.229. The van der Waals surface area contributed by atoms with Gasteiger partial charge >= 0.3 is 0 Å². The Morgan fingerprint density at radius 3 is 2.56 bits per heavy atom. The van der Waals surface area contributed by atoms with E-state index in [2.05, 4.69) is 10.9 Å². The lowest BCUT2D eigenvalue weighted by atomic mass is 10.2. The Hall–Kier alpha value is -2.84. The Kier molecular flexibility index (Phi) is 7.39. The quantitative estimate of drug-likeness (QED) is 0.411. The number of ether oxygens (including phenoxy) is 1. The summed E-state index contributed by atoms with van der Waals surface area (Å²) in [4.78, 5) is 34.0. The summed E-state index contributed by atoms with van der Waals surface area (Å²) in [5.74, 6) is -0.793. The molecule has 0 saturated carbocycles. The Morgan fingerprint density at radius 2 is 1.85 bits per heavy atom. The van der Waals surface area contributed by atoms with Gasteiger partial charge in [-0.1, -0.05) is 35.3 Å². The molecular formula is C17H15Cl2N3O5. The molecule has 0 unspecified atom stereocenters. The van der Waals surface area contributed by atoms with Gasteiger partial charge in [-0.25, -0.2) is 0 Å². The predicted molar refractivity (Wildman–Crippen MR) is 99.9 cm³/mol. The van der Waals surface area contributed by atoms with Gasteiger partial charge in [0, 0.05) is 17.5 Å². The molecule has 0 aliphatic rings. The number of hydrazine groups is 1. The van der Waals surface area contributed by atoms with E-state index in [1.165, 1.54) is 24.3 Å². The molecule has 0 saturated heterocycles. The third kappa shape index (κ3) is 6.12. The zero-order chi connectivity index (χ0) is 19.8. The van der Waals surface area contributed by atoms with E-state index in [9.17, 15) is 19.7 Å². The fraction of sp³-hybridized carbons (Fsp3) is 0.176. The Balaban J connectivity index is 1.75. The molecule has 0 atom stereocenters. The van der Waals surface area contributed by atoms with Gasteiger partial charge in [-0.2, -0.15) is 0 Å². The molecule has 0 aromatic heterocycles. The van der Waals surface area contributed by atoms with Crippen LogP contribution in [0, 0.1) is 10.1 Å². The highest BCUT2D eigenvalue weighted by Crippen LogP contribution is 2.27. The molecule has 0 spiro atoms. The van der Waals surface area contributed by atoms with Crippen molar-refractivity contribution in [3.63, 3.8) is 0 Å². The van der Waals surface area contributed by atoms with Gasteiger partial charge in [0.2, 0.25) is 5.91 Å². The molecular weight excluding hydrogens is 397 g/mol. The molecule has 142 valence electrons. The summed E-state index contributed by atoms with van der Waals surface area (Å²) in [5.41, 5.74) is 3.85. The van der Waals surface area contributed by atoms with Crippen LogP contribution < -0.4 is 15.6 Å². The van der Waals surface area contributed by atoms with Gasteiger partial charge in [0.05, 0.1) is 16.6 Å². The smallest absolute Gasteiger partial charge is 0.282 e. The second-order valence-corrected chi connectivity index (χ2v) is 6.15. The van der Waals surface area contributed by atoms with E-state index in [1.807, 2.05) is 0 Å². The first-order valence-electron chi connectivity index (χ1n) is 7.79. The number of nitrogens with one attached hydrogen (secondary N) is 2. The molecule has 10 heteroatoms. The van der Waals surface area contributed by atoms with Crippen molar-refractivity contribution in [2.45, 2.75) is 12.8 Å². The summed E-state index contributed by atoms with van der Waals surface area (Å²) >= 11 is 11.8. The van der Waals surface area contributed by atoms with Crippen molar-refractivity contribution in [1.82, 2.24) is 10.9 Å². The number of nitro groups is 1. The number of nitro benzene ring substituents is 1. The van der Waals surface area contributed by atoms with Gasteiger partial charge in [0.25, 0.3) is 11.6 Å². The molecule has 2 aromatic rings. The van der Waals surface area contributed by atoms with Crippen LogP contribution in [0.25, 0.3) is 0 Å². The first-order chi connectivity index (χ1) is 12.9. The van der Waals surface area contributed by atoms with Gasteiger partial charge in [0.1, 0.15) is 11.3 Å². The van der Waals surface area contributed by atoms with Crippen molar-refractivity contribution in [2.24, 2.45) is 0 Å². The van der Waals surface area contributed by atoms with Gasteiger partial charge < -0.3 is 4.74 Å². The molecule has 2 amide bonds. The summed E-state index contributed by atoms with van der Waals surface area (Å²) in [7, 11) is 0. The Morgan fingerprint density at radius 1 is 1.11 bits per heavy atom. The Labute approximate surface area is 164 Å². The normalized spacial score (nSPS) is 10.1. The third-order valence-electron chi connectivity index (χ3n) is 3.36. The van der Waals surface area contributed by atoms with Crippen molar-refractivity contribution in [2.75, 3.05) is 6.61 Å². The largest absolute Gasteiger partial charge is 0.492 e. The molecule has 0 fully saturated rings. The van der Waals surface area contributed by atoms with Gasteiger partial charge in [0.15, 0.2) is 0 Å². The molecule has 2 rings (SSSR count). The van der Waals surface area contributed by atoms with Crippen LogP contribution in [-0.4, -0.2) is 23.3 Å². The van der Waals surface area contributed by atoms with Crippen LogP contribution in [0.1, 0.15) is 23.2 Å². The van der Waals surface area contributed by atoms with E-state index in [0.29, 0.717) is 22.2 Å². The van der Waals surface area contributed by atoms with Crippen molar-refractivity contribution in [3.05, 3.63) is 68.2 Å². The van der Waals surface area contributed by atoms with Crippen molar-refractivity contribution in [1.29, 1.82) is 0 Å². The molecule has 0 bridgehead atoms. The zero-order valence-corrected chi connectivity index (χ0v) is 15.4. The maximum Gasteiger partial charge on any atom is 0.282 e. The number of rotatable bonds is 7. The topological polar surface area (TPSA) is 111 Å². The number of amides is 2. The maximum atomic E-state index is 12.0. The first-order valence-corrected chi connectivity index (χ1v) is 8.54. The van der Waals surface area contributed by atoms with Crippen molar-refractivity contribution < 1.29 is 19.2 Å². The van der Waals surface area contributed by atoms with Gasteiger partial charge in [-0.15, -0.1) is 0 Å². The number of carbonyl (C=O) groups is 2. The van der Waals surface area contributed by atoms with Crippen LogP contribution in [0.4, 0.5) is 5.69 Å². The average molecular weight is 412 g/mol. The monoisotopic (exact) mass is 411 g/mol. The van der Waals surface area contributed by atoms with Gasteiger partial charge in [-0.3, -0.25) is 30.6 Å². The minimum atomic E-state index is -0.778. The number of hydrogen-bond acceptors (Lipinski definition) is 5. The Bertz CT molecular complexity index is 860. The molecule has 0 radical (unpaired) electrons. The summed E-state index contributed by atoms with van der Waals surface area (Å²) in [6.07, 6.45) is 0.439. The lowest BCUT2D eigenvalue weighted by Gasteiger charge is -2.09. The molecule has 2 N–H and O–H groups in total. The average Bonchev–Trinajstić information content (AvgIpc) is 2.64. The minimum absolute atomic E-state index is 0.0718. The van der Waals surface area contributed by atoms with Crippen LogP contribution >= 0.6 is 23.2 Å².